The van der Waals surface area contributed by atoms with Gasteiger partial charge in [-0.2, -0.15) is 0 Å². The van der Waals surface area contributed by atoms with E-state index >= 15 is 0 Å². The maximum atomic E-state index is 10.9. The molecule has 0 saturated heterocycles. The van der Waals surface area contributed by atoms with Crippen LogP contribution < -0.4 is 20.2 Å². The van der Waals surface area contributed by atoms with E-state index in [-0.39, 0.29) is 11.8 Å². The second-order valence-corrected chi connectivity index (χ2v) is 4.32. The zero-order chi connectivity index (χ0) is 14.5. The van der Waals surface area contributed by atoms with Gasteiger partial charge in [0.1, 0.15) is 0 Å². The standard InChI is InChI=1S/C14H14N4O2/c1-11(19)15-17-7-3-13(4-8-17)14-5-9-18(10-6-14)16-12(2)20/h3-10H,1-2H3/p+2. The smallest absolute Gasteiger partial charge is 0.270 e. The average Bonchev–Trinajstić information content (AvgIpc) is 2.39. The molecule has 6 heteroatoms. The van der Waals surface area contributed by atoms with Crippen molar-refractivity contribution in [2.45, 2.75) is 13.8 Å². The number of nitrogens with one attached hydrogen (secondary N) is 2. The molecule has 2 N–H and O–H groups in total. The molecule has 0 spiro atoms. The van der Waals surface area contributed by atoms with Gasteiger partial charge in [-0.15, -0.1) is 10.9 Å². The predicted molar refractivity (Wildman–Crippen MR) is 72.4 cm³/mol. The molecule has 20 heavy (non-hydrogen) atoms. The highest BCUT2D eigenvalue weighted by Crippen LogP contribution is 2.15. The molecule has 0 aromatic carbocycles. The number of carbonyl (C=O) groups is 2. The fraction of sp³-hybridized carbons (Fsp3) is 0.143. The van der Waals surface area contributed by atoms with Gasteiger partial charge in [0.2, 0.25) is 24.8 Å². The van der Waals surface area contributed by atoms with Crippen molar-refractivity contribution in [2.24, 2.45) is 0 Å². The van der Waals surface area contributed by atoms with Gasteiger partial charge in [0.25, 0.3) is 11.8 Å². The number of hydrogen-bond acceptors (Lipinski definition) is 2. The van der Waals surface area contributed by atoms with Crippen LogP contribution in [0.3, 0.4) is 0 Å². The molecule has 2 amide bonds. The highest BCUT2D eigenvalue weighted by molar-refractivity contribution is 5.79. The van der Waals surface area contributed by atoms with Crippen LogP contribution >= 0.6 is 0 Å². The largest absolute Gasteiger partial charge is 0.271 e. The topological polar surface area (TPSA) is 66.0 Å². The lowest BCUT2D eigenvalue weighted by Crippen LogP contribution is -2.47. The Morgan fingerprint density at radius 3 is 1.30 bits per heavy atom. The summed E-state index contributed by atoms with van der Waals surface area (Å²) in [5.41, 5.74) is 7.31. The van der Waals surface area contributed by atoms with Crippen molar-refractivity contribution < 1.29 is 18.9 Å². The Kier molecular flexibility index (Phi) is 4.05. The predicted octanol–water partition coefficient (Wildman–Crippen LogP) is 0.109. The fourth-order valence-electron chi connectivity index (χ4n) is 1.75. The van der Waals surface area contributed by atoms with E-state index in [1.54, 1.807) is 34.1 Å². The van der Waals surface area contributed by atoms with Crippen LogP contribution in [0.4, 0.5) is 0 Å². The molecule has 2 rings (SSSR count). The van der Waals surface area contributed by atoms with Crippen LogP contribution in [0.2, 0.25) is 0 Å². The normalized spacial score (nSPS) is 9.90. The second-order valence-electron chi connectivity index (χ2n) is 4.32. The van der Waals surface area contributed by atoms with Crippen LogP contribution in [0.25, 0.3) is 11.1 Å². The molecule has 0 fully saturated rings. The summed E-state index contributed by atoms with van der Waals surface area (Å²) in [6.07, 6.45) is 7.08. The Morgan fingerprint density at radius 2 is 1.05 bits per heavy atom. The number of pyridine rings is 2. The van der Waals surface area contributed by atoms with Crippen molar-refractivity contribution in [1.29, 1.82) is 0 Å². The van der Waals surface area contributed by atoms with Gasteiger partial charge in [0.05, 0.1) is 0 Å². The van der Waals surface area contributed by atoms with Crippen LogP contribution in [0.15, 0.2) is 49.1 Å². The zero-order valence-corrected chi connectivity index (χ0v) is 11.3. The third-order valence-corrected chi connectivity index (χ3v) is 2.57. The minimum absolute atomic E-state index is 0.126. The zero-order valence-electron chi connectivity index (χ0n) is 11.3. The van der Waals surface area contributed by atoms with Crippen molar-refractivity contribution in [3.05, 3.63) is 49.1 Å². The molecule has 102 valence electrons. The molecular weight excluding hydrogens is 256 g/mol. The van der Waals surface area contributed by atoms with E-state index in [0.717, 1.165) is 11.1 Å². The molecule has 0 atom stereocenters. The molecule has 2 aromatic rings. The second kappa shape index (κ2) is 5.92. The van der Waals surface area contributed by atoms with Crippen LogP contribution in [0.5, 0.6) is 0 Å². The Labute approximate surface area is 116 Å². The Hall–Kier alpha value is -2.76. The highest BCUT2D eigenvalue weighted by Gasteiger charge is 2.07. The van der Waals surface area contributed by atoms with E-state index in [1.165, 1.54) is 13.8 Å². The van der Waals surface area contributed by atoms with E-state index in [0.29, 0.717) is 0 Å². The Morgan fingerprint density at radius 1 is 0.750 bits per heavy atom. The van der Waals surface area contributed by atoms with Crippen LogP contribution in [-0.2, 0) is 9.59 Å². The summed E-state index contributed by atoms with van der Waals surface area (Å²) in [7, 11) is 0. The van der Waals surface area contributed by atoms with Crippen LogP contribution in [0.1, 0.15) is 13.8 Å². The lowest BCUT2D eigenvalue weighted by molar-refractivity contribution is -0.642. The molecule has 0 unspecified atom stereocenters. The maximum Gasteiger partial charge on any atom is 0.271 e. The number of aromatic nitrogens is 2. The van der Waals surface area contributed by atoms with Crippen LogP contribution in [-0.4, -0.2) is 11.8 Å². The van der Waals surface area contributed by atoms with E-state index in [9.17, 15) is 9.59 Å². The first-order valence-electron chi connectivity index (χ1n) is 6.13. The molecule has 6 nitrogen and oxygen atoms in total. The third-order valence-electron chi connectivity index (χ3n) is 2.57. The van der Waals surface area contributed by atoms with E-state index in [4.69, 9.17) is 0 Å². The maximum absolute atomic E-state index is 10.9. The van der Waals surface area contributed by atoms with Gasteiger partial charge in [-0.05, 0) is 11.1 Å². The van der Waals surface area contributed by atoms with Crippen molar-refractivity contribution in [3.8, 4) is 11.1 Å². The summed E-state index contributed by atoms with van der Waals surface area (Å²) in [5.74, 6) is -0.252. The van der Waals surface area contributed by atoms with E-state index in [1.807, 2.05) is 24.3 Å². The first-order chi connectivity index (χ1) is 9.54. The lowest BCUT2D eigenvalue weighted by Gasteiger charge is -2.00. The van der Waals surface area contributed by atoms with Crippen LogP contribution in [0, 0.1) is 0 Å². The van der Waals surface area contributed by atoms with Gasteiger partial charge < -0.3 is 0 Å². The molecule has 0 aliphatic carbocycles. The summed E-state index contributed by atoms with van der Waals surface area (Å²) in [4.78, 5) is 21.8. The quantitative estimate of drug-likeness (QED) is 0.779. The highest BCUT2D eigenvalue weighted by atomic mass is 16.2. The van der Waals surface area contributed by atoms with Crippen molar-refractivity contribution >= 4 is 11.8 Å². The number of rotatable bonds is 3. The number of carbonyl (C=O) groups excluding carboxylic acids is 2. The molecule has 2 heterocycles. The first kappa shape index (κ1) is 13.7. The van der Waals surface area contributed by atoms with Crippen molar-refractivity contribution in [2.75, 3.05) is 10.9 Å². The molecule has 0 bridgehead atoms. The Bertz CT molecular complexity index is 563. The van der Waals surface area contributed by atoms with E-state index < -0.39 is 0 Å². The number of nitrogens with zero attached hydrogens (tertiary/aromatic N) is 2. The molecule has 0 aliphatic heterocycles. The average molecular weight is 272 g/mol. The monoisotopic (exact) mass is 272 g/mol. The minimum atomic E-state index is -0.126. The van der Waals surface area contributed by atoms with Gasteiger partial charge in [-0.1, -0.05) is 9.35 Å². The molecular formula is C14H16N4O2+2. The van der Waals surface area contributed by atoms with Gasteiger partial charge in [-0.3, -0.25) is 9.59 Å². The number of amides is 2. The summed E-state index contributed by atoms with van der Waals surface area (Å²) < 4.78 is 3.18. The summed E-state index contributed by atoms with van der Waals surface area (Å²) >= 11 is 0. The summed E-state index contributed by atoms with van der Waals surface area (Å²) in [5, 5.41) is 0. The minimum Gasteiger partial charge on any atom is -0.270 e. The Balaban J connectivity index is 2.15. The molecule has 0 saturated carbocycles. The molecule has 0 radical (unpaired) electrons. The van der Waals surface area contributed by atoms with Gasteiger partial charge in [0, 0.05) is 38.1 Å². The lowest BCUT2D eigenvalue weighted by atomic mass is 10.1. The first-order valence-corrected chi connectivity index (χ1v) is 6.13. The van der Waals surface area contributed by atoms with Gasteiger partial charge >= 0.3 is 0 Å². The van der Waals surface area contributed by atoms with Gasteiger partial charge in [-0.25, -0.2) is 0 Å². The van der Waals surface area contributed by atoms with E-state index in [2.05, 4.69) is 10.9 Å². The summed E-state index contributed by atoms with van der Waals surface area (Å²) in [6.45, 7) is 2.91. The molecule has 0 aliphatic rings. The number of hydrogen-bond donors (Lipinski definition) is 2. The van der Waals surface area contributed by atoms with Gasteiger partial charge in [0.15, 0.2) is 0 Å². The summed E-state index contributed by atoms with van der Waals surface area (Å²) in [6, 6.07) is 7.59. The fourth-order valence-corrected chi connectivity index (χ4v) is 1.75. The van der Waals surface area contributed by atoms with Crippen molar-refractivity contribution in [3.63, 3.8) is 0 Å². The van der Waals surface area contributed by atoms with Crippen molar-refractivity contribution in [1.82, 2.24) is 0 Å². The molecule has 2 aromatic heterocycles. The SMILES string of the molecule is CC(=O)N[n+]1ccc(-c2cc[n+](NC(C)=O)cc2)cc1. The third kappa shape index (κ3) is 3.61.